The number of carbonyl (C=O) groups excluding carboxylic acids is 1. The maximum atomic E-state index is 12.7. The Bertz CT molecular complexity index is 904. The summed E-state index contributed by atoms with van der Waals surface area (Å²) < 4.78 is 5.48. The summed E-state index contributed by atoms with van der Waals surface area (Å²) in [6.07, 6.45) is 0.859. The van der Waals surface area contributed by atoms with Crippen molar-refractivity contribution >= 4 is 17.5 Å². The number of hydrogen-bond acceptors (Lipinski definition) is 4. The van der Waals surface area contributed by atoms with Gasteiger partial charge >= 0.3 is 0 Å². The maximum absolute atomic E-state index is 12.7. The van der Waals surface area contributed by atoms with Crippen LogP contribution in [0.15, 0.2) is 53.1 Å². The normalized spacial score (nSPS) is 13.2. The van der Waals surface area contributed by atoms with Crippen LogP contribution in [-0.4, -0.2) is 16.0 Å². The molecule has 0 aliphatic carbocycles. The Morgan fingerprint density at radius 3 is 2.44 bits per heavy atom. The van der Waals surface area contributed by atoms with E-state index in [4.69, 9.17) is 16.1 Å². The SMILES string of the molecule is CC[C@H](C)[C@H](NC(=O)c1ccc(C)cc1)c1nc(-c2ccc(Cl)cc2)no1. The van der Waals surface area contributed by atoms with Gasteiger partial charge in [-0.3, -0.25) is 4.79 Å². The number of amides is 1. The average molecular weight is 384 g/mol. The monoisotopic (exact) mass is 383 g/mol. The molecule has 6 heteroatoms. The molecule has 3 rings (SSSR count). The van der Waals surface area contributed by atoms with Gasteiger partial charge in [-0.05, 0) is 49.2 Å². The van der Waals surface area contributed by atoms with Crippen LogP contribution < -0.4 is 5.32 Å². The van der Waals surface area contributed by atoms with Gasteiger partial charge in [0.25, 0.3) is 5.91 Å². The number of carbonyl (C=O) groups is 1. The molecule has 0 bridgehead atoms. The van der Waals surface area contributed by atoms with Gasteiger partial charge < -0.3 is 9.84 Å². The molecule has 1 heterocycles. The van der Waals surface area contributed by atoms with Crippen LogP contribution in [0.4, 0.5) is 0 Å². The topological polar surface area (TPSA) is 68.0 Å². The third-order valence-electron chi connectivity index (χ3n) is 4.62. The lowest BCUT2D eigenvalue weighted by molar-refractivity contribution is 0.0910. The van der Waals surface area contributed by atoms with E-state index < -0.39 is 0 Å². The van der Waals surface area contributed by atoms with Crippen LogP contribution in [0, 0.1) is 12.8 Å². The Labute approximate surface area is 163 Å². The van der Waals surface area contributed by atoms with E-state index in [0.717, 1.165) is 17.5 Å². The predicted molar refractivity (Wildman–Crippen MR) is 106 cm³/mol. The van der Waals surface area contributed by atoms with Crippen molar-refractivity contribution in [3.05, 3.63) is 70.6 Å². The summed E-state index contributed by atoms with van der Waals surface area (Å²) in [4.78, 5) is 17.2. The number of hydrogen-bond donors (Lipinski definition) is 1. The summed E-state index contributed by atoms with van der Waals surface area (Å²) in [5, 5.41) is 7.75. The van der Waals surface area contributed by atoms with E-state index in [1.165, 1.54) is 0 Å². The highest BCUT2D eigenvalue weighted by atomic mass is 35.5. The van der Waals surface area contributed by atoms with E-state index in [0.29, 0.717) is 22.3 Å². The quantitative estimate of drug-likeness (QED) is 0.633. The molecule has 27 heavy (non-hydrogen) atoms. The molecule has 0 saturated heterocycles. The number of aryl methyl sites for hydroxylation is 1. The number of rotatable bonds is 6. The molecular weight excluding hydrogens is 362 g/mol. The second-order valence-corrected chi connectivity index (χ2v) is 7.10. The van der Waals surface area contributed by atoms with Crippen LogP contribution in [0.2, 0.25) is 5.02 Å². The predicted octanol–water partition coefficient (Wildman–Crippen LogP) is 5.22. The highest BCUT2D eigenvalue weighted by molar-refractivity contribution is 6.30. The molecule has 0 aliphatic heterocycles. The molecule has 0 aliphatic rings. The molecule has 0 unspecified atom stereocenters. The molecular formula is C21H22ClN3O2. The van der Waals surface area contributed by atoms with Crippen molar-refractivity contribution in [2.24, 2.45) is 5.92 Å². The Morgan fingerprint density at radius 1 is 1.15 bits per heavy atom. The first-order valence-corrected chi connectivity index (χ1v) is 9.32. The van der Waals surface area contributed by atoms with Crippen molar-refractivity contribution in [2.45, 2.75) is 33.2 Å². The van der Waals surface area contributed by atoms with Crippen molar-refractivity contribution in [1.29, 1.82) is 0 Å². The summed E-state index contributed by atoms with van der Waals surface area (Å²) in [6.45, 7) is 6.10. The van der Waals surface area contributed by atoms with Crippen molar-refractivity contribution in [3.63, 3.8) is 0 Å². The number of nitrogens with one attached hydrogen (secondary N) is 1. The zero-order valence-electron chi connectivity index (χ0n) is 15.6. The second kappa shape index (κ2) is 8.35. The lowest BCUT2D eigenvalue weighted by Crippen LogP contribution is -2.32. The number of halogens is 1. The minimum atomic E-state index is -0.364. The van der Waals surface area contributed by atoms with Gasteiger partial charge in [0, 0.05) is 16.1 Å². The largest absolute Gasteiger partial charge is 0.340 e. The van der Waals surface area contributed by atoms with Crippen LogP contribution in [0.1, 0.15) is 48.1 Å². The molecule has 0 radical (unpaired) electrons. The molecule has 1 amide bonds. The van der Waals surface area contributed by atoms with Crippen LogP contribution in [0.5, 0.6) is 0 Å². The molecule has 0 spiro atoms. The first-order chi connectivity index (χ1) is 13.0. The summed E-state index contributed by atoms with van der Waals surface area (Å²) in [5.74, 6) is 0.846. The fourth-order valence-corrected chi connectivity index (χ4v) is 2.82. The lowest BCUT2D eigenvalue weighted by Gasteiger charge is -2.20. The molecule has 1 N–H and O–H groups in total. The van der Waals surface area contributed by atoms with Crippen LogP contribution in [0.3, 0.4) is 0 Å². The molecule has 140 valence electrons. The van der Waals surface area contributed by atoms with Gasteiger partial charge in [0.2, 0.25) is 11.7 Å². The van der Waals surface area contributed by atoms with Crippen LogP contribution in [-0.2, 0) is 0 Å². The second-order valence-electron chi connectivity index (χ2n) is 6.67. The van der Waals surface area contributed by atoms with E-state index >= 15 is 0 Å². The van der Waals surface area contributed by atoms with E-state index in [-0.39, 0.29) is 17.9 Å². The highest BCUT2D eigenvalue weighted by Gasteiger charge is 2.26. The summed E-state index contributed by atoms with van der Waals surface area (Å²) in [7, 11) is 0. The van der Waals surface area contributed by atoms with Crippen molar-refractivity contribution in [2.75, 3.05) is 0 Å². The third-order valence-corrected chi connectivity index (χ3v) is 4.88. The fraction of sp³-hybridized carbons (Fsp3) is 0.286. The van der Waals surface area contributed by atoms with Gasteiger partial charge in [-0.1, -0.05) is 54.7 Å². The summed E-state index contributed by atoms with van der Waals surface area (Å²) >= 11 is 5.93. The van der Waals surface area contributed by atoms with Crippen LogP contribution in [0.25, 0.3) is 11.4 Å². The van der Waals surface area contributed by atoms with Crippen molar-refractivity contribution in [1.82, 2.24) is 15.5 Å². The minimum absolute atomic E-state index is 0.137. The average Bonchev–Trinajstić information content (AvgIpc) is 3.16. The smallest absolute Gasteiger partial charge is 0.251 e. The highest BCUT2D eigenvalue weighted by Crippen LogP contribution is 2.26. The standard InChI is InChI=1S/C21H22ClN3O2/c1-4-14(3)18(23-20(26)16-7-5-13(2)6-8-16)21-24-19(25-27-21)15-9-11-17(22)12-10-15/h5-12,14,18H,4H2,1-3H3,(H,23,26)/t14-,18-/m0/s1. The van der Waals surface area contributed by atoms with E-state index in [1.807, 2.05) is 50.2 Å². The van der Waals surface area contributed by atoms with Crippen molar-refractivity contribution < 1.29 is 9.32 Å². The molecule has 5 nitrogen and oxygen atoms in total. The Hall–Kier alpha value is -2.66. The zero-order valence-corrected chi connectivity index (χ0v) is 16.3. The minimum Gasteiger partial charge on any atom is -0.340 e. The van der Waals surface area contributed by atoms with Crippen molar-refractivity contribution in [3.8, 4) is 11.4 Å². The summed E-state index contributed by atoms with van der Waals surface area (Å²) in [5.41, 5.74) is 2.52. The van der Waals surface area contributed by atoms with Gasteiger partial charge in [0.05, 0.1) is 0 Å². The van der Waals surface area contributed by atoms with Crippen LogP contribution >= 0.6 is 11.6 Å². The van der Waals surface area contributed by atoms with Gasteiger partial charge in [0.1, 0.15) is 6.04 Å². The Kier molecular flexibility index (Phi) is 5.91. The van der Waals surface area contributed by atoms with Gasteiger partial charge in [0.15, 0.2) is 0 Å². The van der Waals surface area contributed by atoms with E-state index in [2.05, 4.69) is 22.4 Å². The molecule has 2 atom stereocenters. The van der Waals surface area contributed by atoms with Gasteiger partial charge in [-0.2, -0.15) is 4.98 Å². The van der Waals surface area contributed by atoms with E-state index in [1.54, 1.807) is 12.1 Å². The first kappa shape index (κ1) is 19.1. The van der Waals surface area contributed by atoms with Gasteiger partial charge in [-0.15, -0.1) is 0 Å². The zero-order chi connectivity index (χ0) is 19.4. The van der Waals surface area contributed by atoms with E-state index in [9.17, 15) is 4.79 Å². The number of nitrogens with zero attached hydrogens (tertiary/aromatic N) is 2. The molecule has 0 fully saturated rings. The fourth-order valence-electron chi connectivity index (χ4n) is 2.69. The first-order valence-electron chi connectivity index (χ1n) is 8.95. The number of benzene rings is 2. The molecule has 2 aromatic carbocycles. The molecule has 1 aromatic heterocycles. The molecule has 0 saturated carbocycles. The number of aromatic nitrogens is 2. The Morgan fingerprint density at radius 2 is 1.81 bits per heavy atom. The third kappa shape index (κ3) is 4.55. The van der Waals surface area contributed by atoms with Gasteiger partial charge in [-0.25, -0.2) is 0 Å². The molecule has 3 aromatic rings. The lowest BCUT2D eigenvalue weighted by atomic mass is 9.98. The maximum Gasteiger partial charge on any atom is 0.251 e. The Balaban J connectivity index is 1.83. The summed E-state index contributed by atoms with van der Waals surface area (Å²) in [6, 6.07) is 14.3.